The Balaban J connectivity index is 1.66. The largest absolute Gasteiger partial charge is 0.350 e. The average Bonchev–Trinajstić information content (AvgIpc) is 3.14. The van der Waals surface area contributed by atoms with Gasteiger partial charge in [-0.1, -0.05) is 34.1 Å². The predicted octanol–water partition coefficient (Wildman–Crippen LogP) is 3.82. The lowest BCUT2D eigenvalue weighted by molar-refractivity contribution is -0.126. The summed E-state index contributed by atoms with van der Waals surface area (Å²) in [4.78, 5) is 27.7. The molecule has 0 radical (unpaired) electrons. The number of likely N-dealkylation sites (tertiary alicyclic amines) is 1. The molecule has 0 spiro atoms. The first-order valence-electron chi connectivity index (χ1n) is 8.02. The number of carbonyl (C=O) groups excluding carboxylic acids is 2. The zero-order chi connectivity index (χ0) is 16.9. The summed E-state index contributed by atoms with van der Waals surface area (Å²) in [5, 5.41) is 4.86. The first kappa shape index (κ1) is 17.2. The second-order valence-electron chi connectivity index (χ2n) is 5.84. The van der Waals surface area contributed by atoms with Crippen molar-refractivity contribution in [2.75, 3.05) is 6.54 Å². The predicted molar refractivity (Wildman–Crippen MR) is 99.0 cm³/mol. The maximum Gasteiger partial charge on any atom is 0.264 e. The molecule has 1 aromatic heterocycles. The highest BCUT2D eigenvalue weighted by molar-refractivity contribution is 9.10. The summed E-state index contributed by atoms with van der Waals surface area (Å²) in [6.07, 6.45) is 2.65. The molecule has 1 unspecified atom stereocenters. The van der Waals surface area contributed by atoms with Crippen LogP contribution in [0, 0.1) is 0 Å². The van der Waals surface area contributed by atoms with E-state index < -0.39 is 0 Å². The monoisotopic (exact) mass is 406 g/mol. The van der Waals surface area contributed by atoms with Crippen molar-refractivity contribution in [3.63, 3.8) is 0 Å². The van der Waals surface area contributed by atoms with Gasteiger partial charge in [-0.05, 0) is 48.4 Å². The number of nitrogens with one attached hydrogen (secondary N) is 1. The van der Waals surface area contributed by atoms with Crippen molar-refractivity contribution in [1.82, 2.24) is 10.2 Å². The standard InChI is InChI=1S/C18H19BrN2O2S/c19-14-6-3-5-13(11-14)12-20-17(22)15-7-1-2-9-21(15)18(23)16-8-4-10-24-16/h3-6,8,10-11,15H,1-2,7,9,12H2,(H,20,22). The highest BCUT2D eigenvalue weighted by atomic mass is 79.9. The Labute approximate surface area is 154 Å². The minimum absolute atomic E-state index is 0.0349. The van der Waals surface area contributed by atoms with Crippen LogP contribution in [0.15, 0.2) is 46.3 Å². The third-order valence-electron chi connectivity index (χ3n) is 4.15. The van der Waals surface area contributed by atoms with Gasteiger partial charge in [-0.3, -0.25) is 9.59 Å². The van der Waals surface area contributed by atoms with Crippen LogP contribution < -0.4 is 5.32 Å². The number of hydrogen-bond donors (Lipinski definition) is 1. The van der Waals surface area contributed by atoms with E-state index in [1.165, 1.54) is 11.3 Å². The number of benzene rings is 1. The molecular formula is C18H19BrN2O2S. The van der Waals surface area contributed by atoms with Crippen molar-refractivity contribution >= 4 is 39.1 Å². The third kappa shape index (κ3) is 4.05. The van der Waals surface area contributed by atoms with E-state index in [2.05, 4.69) is 21.2 Å². The number of carbonyl (C=O) groups is 2. The van der Waals surface area contributed by atoms with E-state index in [9.17, 15) is 9.59 Å². The molecule has 2 amide bonds. The summed E-state index contributed by atoms with van der Waals surface area (Å²) < 4.78 is 0.987. The van der Waals surface area contributed by atoms with Crippen LogP contribution in [0.2, 0.25) is 0 Å². The smallest absolute Gasteiger partial charge is 0.264 e. The second-order valence-corrected chi connectivity index (χ2v) is 7.70. The van der Waals surface area contributed by atoms with E-state index in [0.29, 0.717) is 18.0 Å². The van der Waals surface area contributed by atoms with Crippen molar-refractivity contribution in [3.8, 4) is 0 Å². The number of hydrogen-bond acceptors (Lipinski definition) is 3. The van der Waals surface area contributed by atoms with E-state index in [4.69, 9.17) is 0 Å². The molecule has 1 saturated heterocycles. The Morgan fingerprint density at radius 3 is 2.88 bits per heavy atom. The fraction of sp³-hybridized carbons (Fsp3) is 0.333. The molecular weight excluding hydrogens is 388 g/mol. The van der Waals surface area contributed by atoms with Gasteiger partial charge in [0.05, 0.1) is 4.88 Å². The van der Waals surface area contributed by atoms with Gasteiger partial charge in [0.15, 0.2) is 0 Å². The maximum absolute atomic E-state index is 12.6. The molecule has 2 aromatic rings. The number of rotatable bonds is 4. The number of piperidine rings is 1. The van der Waals surface area contributed by atoms with Gasteiger partial charge in [0, 0.05) is 17.6 Å². The fourth-order valence-corrected chi connectivity index (χ4v) is 4.07. The summed E-state index contributed by atoms with van der Waals surface area (Å²) in [5.41, 5.74) is 1.03. The second kappa shape index (κ2) is 7.94. The Morgan fingerprint density at radius 2 is 2.12 bits per heavy atom. The molecule has 24 heavy (non-hydrogen) atoms. The number of halogens is 1. The molecule has 1 aliphatic rings. The van der Waals surface area contributed by atoms with Gasteiger partial charge in [0.1, 0.15) is 6.04 Å². The van der Waals surface area contributed by atoms with E-state index in [0.717, 1.165) is 29.3 Å². The van der Waals surface area contributed by atoms with Gasteiger partial charge in [0.2, 0.25) is 5.91 Å². The van der Waals surface area contributed by atoms with E-state index >= 15 is 0 Å². The van der Waals surface area contributed by atoms with Gasteiger partial charge in [-0.25, -0.2) is 0 Å². The summed E-state index contributed by atoms with van der Waals surface area (Å²) >= 11 is 4.85. The third-order valence-corrected chi connectivity index (χ3v) is 5.51. The molecule has 0 saturated carbocycles. The van der Waals surface area contributed by atoms with E-state index in [1.54, 1.807) is 4.90 Å². The lowest BCUT2D eigenvalue weighted by Gasteiger charge is -2.34. The lowest BCUT2D eigenvalue weighted by atomic mass is 10.0. The molecule has 126 valence electrons. The van der Waals surface area contributed by atoms with Crippen LogP contribution in [0.25, 0.3) is 0 Å². The maximum atomic E-state index is 12.6. The highest BCUT2D eigenvalue weighted by Crippen LogP contribution is 2.22. The molecule has 0 bridgehead atoms. The molecule has 2 heterocycles. The van der Waals surface area contributed by atoms with Crippen LogP contribution in [-0.4, -0.2) is 29.3 Å². The van der Waals surface area contributed by atoms with Crippen LogP contribution in [0.4, 0.5) is 0 Å². The lowest BCUT2D eigenvalue weighted by Crippen LogP contribution is -2.51. The zero-order valence-corrected chi connectivity index (χ0v) is 15.6. The van der Waals surface area contributed by atoms with Crippen LogP contribution >= 0.6 is 27.3 Å². The first-order chi connectivity index (χ1) is 11.6. The molecule has 1 fully saturated rings. The van der Waals surface area contributed by atoms with Gasteiger partial charge in [0.25, 0.3) is 5.91 Å². The minimum atomic E-state index is -0.375. The molecule has 1 aliphatic heterocycles. The minimum Gasteiger partial charge on any atom is -0.350 e. The Morgan fingerprint density at radius 1 is 1.25 bits per heavy atom. The molecule has 0 aliphatic carbocycles. The fourth-order valence-electron chi connectivity index (χ4n) is 2.94. The van der Waals surface area contributed by atoms with Crippen molar-refractivity contribution < 1.29 is 9.59 Å². The average molecular weight is 407 g/mol. The molecule has 6 heteroatoms. The first-order valence-corrected chi connectivity index (χ1v) is 9.69. The number of thiophene rings is 1. The van der Waals surface area contributed by atoms with Gasteiger partial charge in [-0.15, -0.1) is 11.3 Å². The Kier molecular flexibility index (Phi) is 5.68. The summed E-state index contributed by atoms with van der Waals surface area (Å²) in [5.74, 6) is -0.105. The SMILES string of the molecule is O=C(NCc1cccc(Br)c1)C1CCCCN1C(=O)c1cccs1. The molecule has 3 rings (SSSR count). The highest BCUT2D eigenvalue weighted by Gasteiger charge is 2.32. The Bertz CT molecular complexity index is 718. The summed E-state index contributed by atoms with van der Waals surface area (Å²) in [6, 6.07) is 11.2. The Hall–Kier alpha value is -1.66. The van der Waals surface area contributed by atoms with Crippen LogP contribution in [0.3, 0.4) is 0 Å². The number of nitrogens with zero attached hydrogens (tertiary/aromatic N) is 1. The van der Waals surface area contributed by atoms with E-state index in [-0.39, 0.29) is 17.9 Å². The van der Waals surface area contributed by atoms with Crippen LogP contribution in [0.1, 0.15) is 34.5 Å². The summed E-state index contributed by atoms with van der Waals surface area (Å²) in [6.45, 7) is 1.11. The normalized spacial score (nSPS) is 17.5. The van der Waals surface area contributed by atoms with Crippen molar-refractivity contribution in [2.24, 2.45) is 0 Å². The van der Waals surface area contributed by atoms with Crippen LogP contribution in [-0.2, 0) is 11.3 Å². The van der Waals surface area contributed by atoms with Crippen molar-refractivity contribution in [1.29, 1.82) is 0 Å². The molecule has 4 nitrogen and oxygen atoms in total. The van der Waals surface area contributed by atoms with E-state index in [1.807, 2.05) is 41.8 Å². The van der Waals surface area contributed by atoms with Crippen LogP contribution in [0.5, 0.6) is 0 Å². The van der Waals surface area contributed by atoms with Crippen molar-refractivity contribution in [2.45, 2.75) is 31.8 Å². The quantitative estimate of drug-likeness (QED) is 0.838. The molecule has 1 aromatic carbocycles. The van der Waals surface area contributed by atoms with Gasteiger partial charge >= 0.3 is 0 Å². The topological polar surface area (TPSA) is 49.4 Å². The van der Waals surface area contributed by atoms with Gasteiger partial charge < -0.3 is 10.2 Å². The summed E-state index contributed by atoms with van der Waals surface area (Å²) in [7, 11) is 0. The zero-order valence-electron chi connectivity index (χ0n) is 13.2. The number of amides is 2. The van der Waals surface area contributed by atoms with Gasteiger partial charge in [-0.2, -0.15) is 0 Å². The molecule has 1 atom stereocenters. The van der Waals surface area contributed by atoms with Crippen molar-refractivity contribution in [3.05, 3.63) is 56.7 Å². The molecule has 1 N–H and O–H groups in total.